The average Bonchev–Trinajstić information content (AvgIpc) is 2.97. The van der Waals surface area contributed by atoms with Gasteiger partial charge in [0.15, 0.2) is 0 Å². The van der Waals surface area contributed by atoms with Crippen molar-refractivity contribution in [1.29, 1.82) is 0 Å². The summed E-state index contributed by atoms with van der Waals surface area (Å²) >= 11 is 0. The molecule has 0 saturated carbocycles. The van der Waals surface area contributed by atoms with Crippen molar-refractivity contribution >= 4 is 18.3 Å². The minimum Gasteiger partial charge on any atom is -0.352 e. The molecule has 2 N–H and O–H groups in total. The monoisotopic (exact) mass is 334 g/mol. The lowest BCUT2D eigenvalue weighted by atomic mass is 9.88. The molecule has 1 aliphatic heterocycles. The first-order valence-corrected chi connectivity index (χ1v) is 7.76. The van der Waals surface area contributed by atoms with Gasteiger partial charge in [-0.15, -0.1) is 12.4 Å². The van der Waals surface area contributed by atoms with Gasteiger partial charge in [0.2, 0.25) is 5.91 Å². The van der Waals surface area contributed by atoms with Crippen LogP contribution in [0.15, 0.2) is 42.7 Å². The average molecular weight is 335 g/mol. The molecule has 1 unspecified atom stereocenters. The second-order valence-electron chi connectivity index (χ2n) is 5.90. The van der Waals surface area contributed by atoms with Crippen molar-refractivity contribution in [3.8, 4) is 0 Å². The molecule has 23 heavy (non-hydrogen) atoms. The number of hydrogen-bond acceptors (Lipinski definition) is 3. The van der Waals surface area contributed by atoms with Crippen molar-refractivity contribution in [3.05, 3.63) is 53.9 Å². The van der Waals surface area contributed by atoms with Crippen LogP contribution < -0.4 is 10.6 Å². The lowest BCUT2D eigenvalue weighted by molar-refractivity contribution is -0.126. The van der Waals surface area contributed by atoms with E-state index < -0.39 is 0 Å². The summed E-state index contributed by atoms with van der Waals surface area (Å²) in [7, 11) is 0. The van der Waals surface area contributed by atoms with Crippen LogP contribution in [0.3, 0.4) is 0 Å². The summed E-state index contributed by atoms with van der Waals surface area (Å²) in [6.45, 7) is 5.20. The number of benzene rings is 1. The van der Waals surface area contributed by atoms with Gasteiger partial charge >= 0.3 is 0 Å². The van der Waals surface area contributed by atoms with E-state index in [1.54, 1.807) is 6.20 Å². The molecule has 6 heteroatoms. The minimum atomic E-state index is 0. The van der Waals surface area contributed by atoms with Gasteiger partial charge in [0.05, 0.1) is 6.54 Å². The van der Waals surface area contributed by atoms with E-state index in [2.05, 4.69) is 27.9 Å². The number of carbonyl (C=O) groups is 1. The molecule has 2 aromatic rings. The second-order valence-corrected chi connectivity index (χ2v) is 5.90. The summed E-state index contributed by atoms with van der Waals surface area (Å²) in [5.41, 5.74) is 2.33. The molecule has 124 valence electrons. The third-order valence-electron chi connectivity index (χ3n) is 4.40. The van der Waals surface area contributed by atoms with E-state index >= 15 is 0 Å². The number of aromatic nitrogens is 2. The van der Waals surface area contributed by atoms with Crippen LogP contribution >= 0.6 is 12.4 Å². The molecule has 1 amide bonds. The van der Waals surface area contributed by atoms with Gasteiger partial charge < -0.3 is 10.6 Å². The first-order chi connectivity index (χ1) is 10.7. The molecule has 0 bridgehead atoms. The Kier molecular flexibility index (Phi) is 6.19. The Labute approximate surface area is 142 Å². The van der Waals surface area contributed by atoms with E-state index in [9.17, 15) is 4.79 Å². The predicted molar refractivity (Wildman–Crippen MR) is 92.4 cm³/mol. The molecule has 0 radical (unpaired) electrons. The van der Waals surface area contributed by atoms with Crippen LogP contribution in [0, 0.1) is 11.8 Å². The predicted octanol–water partition coefficient (Wildman–Crippen LogP) is 1.82. The van der Waals surface area contributed by atoms with Crippen LogP contribution in [0.4, 0.5) is 0 Å². The van der Waals surface area contributed by atoms with Crippen LogP contribution in [-0.2, 0) is 17.9 Å². The standard InChI is InChI=1S/C17H22N4O.ClH/c1-13(16-9-18-10-16)17(22)19-11-14-5-2-3-6-15(14)12-21-8-4-7-20-21;/h2-8,13,16,18H,9-12H2,1H3,(H,19,22);1H. The van der Waals surface area contributed by atoms with E-state index in [4.69, 9.17) is 0 Å². The topological polar surface area (TPSA) is 59.0 Å². The Balaban J connectivity index is 0.00000192. The maximum atomic E-state index is 12.2. The van der Waals surface area contributed by atoms with Crippen LogP contribution in [0.2, 0.25) is 0 Å². The zero-order valence-corrected chi connectivity index (χ0v) is 14.1. The molecule has 0 aliphatic carbocycles. The van der Waals surface area contributed by atoms with Gasteiger partial charge in [-0.25, -0.2) is 0 Å². The highest BCUT2D eigenvalue weighted by Gasteiger charge is 2.28. The van der Waals surface area contributed by atoms with Gasteiger partial charge in [0.25, 0.3) is 0 Å². The summed E-state index contributed by atoms with van der Waals surface area (Å²) in [5, 5.41) is 10.5. The van der Waals surface area contributed by atoms with Crippen LogP contribution in [0.5, 0.6) is 0 Å². The van der Waals surface area contributed by atoms with Crippen LogP contribution in [0.1, 0.15) is 18.1 Å². The number of rotatable bonds is 6. The Bertz CT molecular complexity index is 625. The molecule has 1 fully saturated rings. The molecule has 1 aromatic carbocycles. The molecular weight excluding hydrogens is 312 g/mol. The quantitative estimate of drug-likeness (QED) is 0.847. The third-order valence-corrected chi connectivity index (χ3v) is 4.40. The Hall–Kier alpha value is -1.85. The fraction of sp³-hybridized carbons (Fsp3) is 0.412. The minimum absolute atomic E-state index is 0. The highest BCUT2D eigenvalue weighted by molar-refractivity contribution is 5.85. The van der Waals surface area contributed by atoms with Crippen molar-refractivity contribution in [2.75, 3.05) is 13.1 Å². The number of hydrogen-bond donors (Lipinski definition) is 2. The molecule has 0 spiro atoms. The van der Waals surface area contributed by atoms with E-state index in [0.29, 0.717) is 12.5 Å². The maximum Gasteiger partial charge on any atom is 0.223 e. The summed E-state index contributed by atoms with van der Waals surface area (Å²) in [6, 6.07) is 10.1. The summed E-state index contributed by atoms with van der Waals surface area (Å²) in [4.78, 5) is 12.2. The number of halogens is 1. The van der Waals surface area contributed by atoms with Crippen molar-refractivity contribution < 1.29 is 4.79 Å². The van der Waals surface area contributed by atoms with Gasteiger partial charge in [-0.1, -0.05) is 31.2 Å². The van der Waals surface area contributed by atoms with E-state index in [1.807, 2.05) is 36.0 Å². The van der Waals surface area contributed by atoms with Gasteiger partial charge in [-0.3, -0.25) is 9.48 Å². The fourth-order valence-electron chi connectivity index (χ4n) is 2.67. The van der Waals surface area contributed by atoms with Crippen molar-refractivity contribution in [2.24, 2.45) is 11.8 Å². The number of carbonyl (C=O) groups excluding carboxylic acids is 1. The molecule has 3 rings (SSSR count). The lowest BCUT2D eigenvalue weighted by Gasteiger charge is -2.31. The number of nitrogens with zero attached hydrogens (tertiary/aromatic N) is 2. The zero-order chi connectivity index (χ0) is 15.4. The smallest absolute Gasteiger partial charge is 0.223 e. The molecule has 1 atom stereocenters. The molecule has 1 aliphatic rings. The SMILES string of the molecule is CC(C(=O)NCc1ccccc1Cn1cccn1)C1CNC1.Cl. The van der Waals surface area contributed by atoms with Gasteiger partial charge in [-0.05, 0) is 36.2 Å². The van der Waals surface area contributed by atoms with E-state index in [1.165, 1.54) is 5.56 Å². The second kappa shape index (κ2) is 8.13. The Morgan fingerprint density at radius 2 is 2.09 bits per heavy atom. The van der Waals surface area contributed by atoms with Crippen molar-refractivity contribution in [2.45, 2.75) is 20.0 Å². The number of amides is 1. The summed E-state index contributed by atoms with van der Waals surface area (Å²) in [6.07, 6.45) is 3.72. The third kappa shape index (κ3) is 4.33. The maximum absolute atomic E-state index is 12.2. The molecule has 2 heterocycles. The van der Waals surface area contributed by atoms with Crippen LogP contribution in [0.25, 0.3) is 0 Å². The molecule has 1 aromatic heterocycles. The lowest BCUT2D eigenvalue weighted by Crippen LogP contribution is -2.49. The zero-order valence-electron chi connectivity index (χ0n) is 13.2. The molecule has 5 nitrogen and oxygen atoms in total. The summed E-state index contributed by atoms with van der Waals surface area (Å²) < 4.78 is 1.89. The largest absolute Gasteiger partial charge is 0.352 e. The van der Waals surface area contributed by atoms with E-state index in [0.717, 1.165) is 25.2 Å². The van der Waals surface area contributed by atoms with E-state index in [-0.39, 0.29) is 24.2 Å². The molecule has 1 saturated heterocycles. The first-order valence-electron chi connectivity index (χ1n) is 7.76. The Morgan fingerprint density at radius 1 is 1.35 bits per heavy atom. The van der Waals surface area contributed by atoms with Crippen LogP contribution in [-0.4, -0.2) is 28.8 Å². The highest BCUT2D eigenvalue weighted by Crippen LogP contribution is 2.16. The Morgan fingerprint density at radius 3 is 2.70 bits per heavy atom. The van der Waals surface area contributed by atoms with Gasteiger partial charge in [0.1, 0.15) is 0 Å². The van der Waals surface area contributed by atoms with Crippen molar-refractivity contribution in [1.82, 2.24) is 20.4 Å². The van der Waals surface area contributed by atoms with Gasteiger partial charge in [0, 0.05) is 24.9 Å². The summed E-state index contributed by atoms with van der Waals surface area (Å²) in [5.74, 6) is 0.680. The normalized spacial score (nSPS) is 15.3. The molecular formula is C17H23ClN4O. The van der Waals surface area contributed by atoms with Crippen molar-refractivity contribution in [3.63, 3.8) is 0 Å². The fourth-order valence-corrected chi connectivity index (χ4v) is 2.67. The highest BCUT2D eigenvalue weighted by atomic mass is 35.5. The van der Waals surface area contributed by atoms with Gasteiger partial charge in [-0.2, -0.15) is 5.10 Å². The number of nitrogens with one attached hydrogen (secondary N) is 2. The first kappa shape index (κ1) is 17.5.